The number of alkyl halides is 3. The molecule has 0 heterocycles. The number of nitriles is 1. The smallest absolute Gasteiger partial charge is 0.377 e. The first-order valence-electron chi connectivity index (χ1n) is 5.00. The van der Waals surface area contributed by atoms with Crippen molar-refractivity contribution in [1.29, 1.82) is 5.26 Å². The minimum atomic E-state index is -4.90. The standard InChI is InChI=1S/C11H13F3N2O/c1-3-16(4-2)8-9(7-15)5-6-10(17)11(12,13)14/h5-6,8H,3-4H2,1-2H3/b6-5+,9-8-. The van der Waals surface area contributed by atoms with Gasteiger partial charge < -0.3 is 4.90 Å². The van der Waals surface area contributed by atoms with E-state index in [-0.39, 0.29) is 5.57 Å². The highest BCUT2D eigenvalue weighted by Crippen LogP contribution is 2.16. The number of hydrogen-bond acceptors (Lipinski definition) is 3. The fraction of sp³-hybridized carbons (Fsp3) is 0.455. The number of carbonyl (C=O) groups is 1. The number of carbonyl (C=O) groups excluding carboxylic acids is 1. The Kier molecular flexibility index (Phi) is 6.03. The van der Waals surface area contributed by atoms with Gasteiger partial charge in [-0.3, -0.25) is 4.79 Å². The third kappa shape index (κ3) is 5.76. The Morgan fingerprint density at radius 3 is 2.18 bits per heavy atom. The molecule has 0 aliphatic heterocycles. The highest BCUT2D eigenvalue weighted by Gasteiger charge is 2.35. The molecule has 0 saturated carbocycles. The number of nitrogens with zero attached hydrogens (tertiary/aromatic N) is 2. The Labute approximate surface area is 97.8 Å². The van der Waals surface area contributed by atoms with Gasteiger partial charge in [0.25, 0.3) is 5.78 Å². The summed E-state index contributed by atoms with van der Waals surface area (Å²) in [6.45, 7) is 4.95. The molecule has 0 aliphatic rings. The maximum Gasteiger partial charge on any atom is 0.454 e. The topological polar surface area (TPSA) is 44.1 Å². The van der Waals surface area contributed by atoms with Crippen LogP contribution in [0.1, 0.15) is 13.8 Å². The van der Waals surface area contributed by atoms with E-state index in [4.69, 9.17) is 5.26 Å². The van der Waals surface area contributed by atoms with Crippen molar-refractivity contribution in [3.8, 4) is 6.07 Å². The molecule has 0 bridgehead atoms. The fourth-order valence-corrected chi connectivity index (χ4v) is 0.972. The van der Waals surface area contributed by atoms with Crippen LogP contribution in [-0.4, -0.2) is 29.9 Å². The molecule has 0 saturated heterocycles. The maximum absolute atomic E-state index is 11.9. The van der Waals surface area contributed by atoms with Gasteiger partial charge in [0.15, 0.2) is 0 Å². The maximum atomic E-state index is 11.9. The van der Waals surface area contributed by atoms with E-state index in [0.717, 1.165) is 6.08 Å². The number of halogens is 3. The molecule has 0 atom stereocenters. The zero-order chi connectivity index (χ0) is 13.5. The third-order valence-electron chi connectivity index (χ3n) is 1.96. The lowest BCUT2D eigenvalue weighted by Gasteiger charge is -2.14. The summed E-state index contributed by atoms with van der Waals surface area (Å²) in [5.74, 6) is -1.97. The molecule has 0 aromatic rings. The molecule has 0 unspecified atom stereocenters. The Morgan fingerprint density at radius 1 is 1.29 bits per heavy atom. The van der Waals surface area contributed by atoms with E-state index < -0.39 is 12.0 Å². The highest BCUT2D eigenvalue weighted by molar-refractivity contribution is 5.94. The minimum Gasteiger partial charge on any atom is -0.377 e. The van der Waals surface area contributed by atoms with Crippen molar-refractivity contribution in [1.82, 2.24) is 4.90 Å². The highest BCUT2D eigenvalue weighted by atomic mass is 19.4. The largest absolute Gasteiger partial charge is 0.454 e. The molecular weight excluding hydrogens is 233 g/mol. The molecular formula is C11H13F3N2O. The van der Waals surface area contributed by atoms with E-state index in [1.807, 2.05) is 13.8 Å². The summed E-state index contributed by atoms with van der Waals surface area (Å²) in [6.07, 6.45) is -2.25. The van der Waals surface area contributed by atoms with Crippen LogP contribution in [0.3, 0.4) is 0 Å². The lowest BCUT2D eigenvalue weighted by atomic mass is 10.2. The van der Waals surface area contributed by atoms with Gasteiger partial charge in [0.2, 0.25) is 0 Å². The van der Waals surface area contributed by atoms with E-state index in [0.29, 0.717) is 19.2 Å². The van der Waals surface area contributed by atoms with Gasteiger partial charge in [0.05, 0.1) is 5.57 Å². The summed E-state index contributed by atoms with van der Waals surface area (Å²) < 4.78 is 35.7. The van der Waals surface area contributed by atoms with Gasteiger partial charge in [-0.2, -0.15) is 18.4 Å². The van der Waals surface area contributed by atoms with Crippen molar-refractivity contribution >= 4 is 5.78 Å². The number of ketones is 1. The first kappa shape index (κ1) is 15.2. The van der Waals surface area contributed by atoms with E-state index in [1.54, 1.807) is 11.0 Å². The number of rotatable bonds is 5. The third-order valence-corrected chi connectivity index (χ3v) is 1.96. The molecule has 0 spiro atoms. The van der Waals surface area contributed by atoms with Crippen molar-refractivity contribution in [2.45, 2.75) is 20.0 Å². The molecule has 0 aromatic carbocycles. The average Bonchev–Trinajstić information content (AvgIpc) is 2.28. The summed E-state index contributed by atoms with van der Waals surface area (Å²) in [5.41, 5.74) is 0.00583. The summed E-state index contributed by atoms with van der Waals surface area (Å²) >= 11 is 0. The predicted molar refractivity (Wildman–Crippen MR) is 56.8 cm³/mol. The van der Waals surface area contributed by atoms with Gasteiger partial charge in [-0.05, 0) is 26.0 Å². The van der Waals surface area contributed by atoms with Crippen molar-refractivity contribution in [3.05, 3.63) is 23.9 Å². The Bertz CT molecular complexity index is 360. The van der Waals surface area contributed by atoms with Gasteiger partial charge >= 0.3 is 6.18 Å². The van der Waals surface area contributed by atoms with Crippen molar-refractivity contribution < 1.29 is 18.0 Å². The summed E-state index contributed by atoms with van der Waals surface area (Å²) in [7, 11) is 0. The molecule has 0 N–H and O–H groups in total. The van der Waals surface area contributed by atoms with Gasteiger partial charge in [0, 0.05) is 19.3 Å². The van der Waals surface area contributed by atoms with Crippen LogP contribution in [0.15, 0.2) is 23.9 Å². The second-order valence-electron chi connectivity index (χ2n) is 3.11. The van der Waals surface area contributed by atoms with Crippen LogP contribution >= 0.6 is 0 Å². The Morgan fingerprint density at radius 2 is 1.82 bits per heavy atom. The van der Waals surface area contributed by atoms with E-state index in [9.17, 15) is 18.0 Å². The van der Waals surface area contributed by atoms with Crippen LogP contribution in [-0.2, 0) is 4.79 Å². The van der Waals surface area contributed by atoms with E-state index in [1.165, 1.54) is 6.20 Å². The molecule has 0 rings (SSSR count). The normalized spacial score (nSPS) is 12.6. The summed E-state index contributed by atoms with van der Waals surface area (Å²) in [6, 6.07) is 1.72. The van der Waals surface area contributed by atoms with Crippen molar-refractivity contribution in [2.24, 2.45) is 0 Å². The Hall–Kier alpha value is -1.77. The first-order chi connectivity index (χ1) is 7.85. The molecule has 6 heteroatoms. The van der Waals surface area contributed by atoms with Gasteiger partial charge in [0.1, 0.15) is 6.07 Å². The molecule has 0 amide bonds. The van der Waals surface area contributed by atoms with Crippen LogP contribution < -0.4 is 0 Å². The average molecular weight is 246 g/mol. The molecule has 0 fully saturated rings. The fourth-order valence-electron chi connectivity index (χ4n) is 0.972. The van der Waals surface area contributed by atoms with Gasteiger partial charge in [-0.25, -0.2) is 0 Å². The van der Waals surface area contributed by atoms with Crippen molar-refractivity contribution in [3.63, 3.8) is 0 Å². The lowest BCUT2D eigenvalue weighted by Crippen LogP contribution is -2.20. The molecule has 0 radical (unpaired) electrons. The second kappa shape index (κ2) is 6.74. The van der Waals surface area contributed by atoms with Crippen LogP contribution in [0.2, 0.25) is 0 Å². The van der Waals surface area contributed by atoms with Crippen LogP contribution in [0.25, 0.3) is 0 Å². The zero-order valence-electron chi connectivity index (χ0n) is 9.58. The molecule has 0 aliphatic carbocycles. The SMILES string of the molecule is CCN(/C=C(C#N)/C=C/C(=O)C(F)(F)F)CC. The quantitative estimate of drug-likeness (QED) is 0.425. The Balaban J connectivity index is 4.79. The zero-order valence-corrected chi connectivity index (χ0v) is 9.58. The minimum absolute atomic E-state index is 0.00583. The number of allylic oxidation sites excluding steroid dienone is 3. The van der Waals surface area contributed by atoms with E-state index in [2.05, 4.69) is 0 Å². The summed E-state index contributed by atoms with van der Waals surface area (Å²) in [4.78, 5) is 12.3. The van der Waals surface area contributed by atoms with Gasteiger partial charge in [-0.15, -0.1) is 0 Å². The lowest BCUT2D eigenvalue weighted by molar-refractivity contribution is -0.165. The van der Waals surface area contributed by atoms with Crippen LogP contribution in [0.5, 0.6) is 0 Å². The monoisotopic (exact) mass is 246 g/mol. The molecule has 3 nitrogen and oxygen atoms in total. The van der Waals surface area contributed by atoms with E-state index >= 15 is 0 Å². The summed E-state index contributed by atoms with van der Waals surface area (Å²) in [5, 5.41) is 8.69. The van der Waals surface area contributed by atoms with Crippen LogP contribution in [0.4, 0.5) is 13.2 Å². The molecule has 94 valence electrons. The van der Waals surface area contributed by atoms with Crippen molar-refractivity contribution in [2.75, 3.05) is 13.1 Å². The molecule has 17 heavy (non-hydrogen) atoms. The predicted octanol–water partition coefficient (Wildman–Crippen LogP) is 2.42. The number of hydrogen-bond donors (Lipinski definition) is 0. The molecule has 0 aromatic heterocycles. The second-order valence-corrected chi connectivity index (χ2v) is 3.11. The van der Waals surface area contributed by atoms with Crippen LogP contribution in [0, 0.1) is 11.3 Å². The van der Waals surface area contributed by atoms with Gasteiger partial charge in [-0.1, -0.05) is 0 Å². The first-order valence-corrected chi connectivity index (χ1v) is 5.00.